The lowest BCUT2D eigenvalue weighted by Crippen LogP contribution is -2.09. The summed E-state index contributed by atoms with van der Waals surface area (Å²) >= 11 is 0. The second-order valence-corrected chi connectivity index (χ2v) is 3.69. The molecule has 0 aliphatic carbocycles. The predicted octanol–water partition coefficient (Wildman–Crippen LogP) is 2.89. The molecule has 0 atom stereocenters. The van der Waals surface area contributed by atoms with Crippen molar-refractivity contribution >= 4 is 5.71 Å². The van der Waals surface area contributed by atoms with E-state index >= 15 is 0 Å². The van der Waals surface area contributed by atoms with Crippen molar-refractivity contribution in [1.82, 2.24) is 5.43 Å². The Morgan fingerprint density at radius 2 is 2.24 bits per heavy atom. The van der Waals surface area contributed by atoms with E-state index in [1.807, 2.05) is 45.1 Å². The van der Waals surface area contributed by atoms with Crippen LogP contribution < -0.4 is 10.2 Å². The first-order valence-corrected chi connectivity index (χ1v) is 5.81. The largest absolute Gasteiger partial charge is 0.496 e. The molecule has 1 rings (SSSR count). The van der Waals surface area contributed by atoms with Crippen molar-refractivity contribution in [3.8, 4) is 5.75 Å². The van der Waals surface area contributed by atoms with Gasteiger partial charge >= 0.3 is 0 Å². The van der Waals surface area contributed by atoms with Gasteiger partial charge in [-0.1, -0.05) is 6.08 Å². The Bertz CT molecular complexity index is 422. The number of allylic oxidation sites excluding steroid dienone is 2. The van der Waals surface area contributed by atoms with E-state index in [0.717, 1.165) is 29.1 Å². The van der Waals surface area contributed by atoms with Gasteiger partial charge in [0.05, 0.1) is 12.8 Å². The molecule has 0 bridgehead atoms. The van der Waals surface area contributed by atoms with Crippen LogP contribution in [0.4, 0.5) is 0 Å². The minimum absolute atomic E-state index is 0.816. The van der Waals surface area contributed by atoms with E-state index in [-0.39, 0.29) is 0 Å². The van der Waals surface area contributed by atoms with Crippen molar-refractivity contribution in [2.24, 2.45) is 5.10 Å². The molecule has 0 spiro atoms. The number of ether oxygens (including phenoxy) is 1. The molecule has 0 fully saturated rings. The minimum atomic E-state index is 0.816. The second-order valence-electron chi connectivity index (χ2n) is 3.69. The lowest BCUT2D eigenvalue weighted by Gasteiger charge is -2.08. The second kappa shape index (κ2) is 6.74. The first-order valence-electron chi connectivity index (χ1n) is 5.81. The lowest BCUT2D eigenvalue weighted by molar-refractivity contribution is 0.411. The molecule has 0 saturated heterocycles. The molecule has 0 radical (unpaired) electrons. The molecule has 0 aliphatic rings. The SMILES string of the molecule is C/C=C\C(=N/NCC)c1ccc(OC)c(C)c1. The highest BCUT2D eigenvalue weighted by molar-refractivity contribution is 6.08. The Morgan fingerprint density at radius 1 is 1.47 bits per heavy atom. The molecular formula is C14H20N2O. The fourth-order valence-electron chi connectivity index (χ4n) is 1.56. The number of hydrogen-bond acceptors (Lipinski definition) is 3. The standard InChI is InChI=1S/C14H20N2O/c1-5-7-13(16-15-6-2)12-8-9-14(17-4)11(3)10-12/h5,7-10,15H,6H2,1-4H3/b7-5-,16-13+. The summed E-state index contributed by atoms with van der Waals surface area (Å²) in [6.07, 6.45) is 3.97. The smallest absolute Gasteiger partial charge is 0.121 e. The molecule has 17 heavy (non-hydrogen) atoms. The summed E-state index contributed by atoms with van der Waals surface area (Å²) in [6, 6.07) is 6.06. The van der Waals surface area contributed by atoms with Crippen LogP contribution in [-0.2, 0) is 0 Å². The molecule has 1 aromatic carbocycles. The molecule has 1 N–H and O–H groups in total. The van der Waals surface area contributed by atoms with Crippen LogP contribution in [0.5, 0.6) is 5.75 Å². The van der Waals surface area contributed by atoms with Crippen molar-refractivity contribution in [3.05, 3.63) is 41.5 Å². The zero-order valence-electron chi connectivity index (χ0n) is 10.9. The van der Waals surface area contributed by atoms with E-state index in [0.29, 0.717) is 0 Å². The Hall–Kier alpha value is -1.77. The van der Waals surface area contributed by atoms with Gasteiger partial charge in [0.2, 0.25) is 0 Å². The molecule has 92 valence electrons. The Kier molecular flexibility index (Phi) is 5.27. The van der Waals surface area contributed by atoms with Gasteiger partial charge in [0.25, 0.3) is 0 Å². The molecule has 0 aromatic heterocycles. The maximum Gasteiger partial charge on any atom is 0.121 e. The molecule has 3 heteroatoms. The Balaban J connectivity index is 3.07. The first kappa shape index (κ1) is 13.3. The third-order valence-corrected chi connectivity index (χ3v) is 2.37. The van der Waals surface area contributed by atoms with Gasteiger partial charge in [-0.3, -0.25) is 0 Å². The summed E-state index contributed by atoms with van der Waals surface area (Å²) < 4.78 is 5.25. The van der Waals surface area contributed by atoms with Gasteiger partial charge < -0.3 is 10.2 Å². The number of aryl methyl sites for hydroxylation is 1. The average Bonchev–Trinajstić information content (AvgIpc) is 2.34. The summed E-state index contributed by atoms with van der Waals surface area (Å²) in [5.74, 6) is 0.900. The molecular weight excluding hydrogens is 212 g/mol. The number of benzene rings is 1. The summed E-state index contributed by atoms with van der Waals surface area (Å²) in [5, 5.41) is 4.34. The summed E-state index contributed by atoms with van der Waals surface area (Å²) in [5.41, 5.74) is 6.11. The van der Waals surface area contributed by atoms with Gasteiger partial charge in [0.15, 0.2) is 0 Å². The molecule has 3 nitrogen and oxygen atoms in total. The number of hydrogen-bond donors (Lipinski definition) is 1. The van der Waals surface area contributed by atoms with Crippen LogP contribution in [-0.4, -0.2) is 19.4 Å². The predicted molar refractivity (Wildman–Crippen MR) is 72.8 cm³/mol. The molecule has 1 aromatic rings. The van der Waals surface area contributed by atoms with Crippen LogP contribution in [0.1, 0.15) is 25.0 Å². The van der Waals surface area contributed by atoms with Crippen LogP contribution in [0.15, 0.2) is 35.5 Å². The van der Waals surface area contributed by atoms with E-state index < -0.39 is 0 Å². The van der Waals surface area contributed by atoms with E-state index in [1.165, 1.54) is 0 Å². The van der Waals surface area contributed by atoms with Crippen LogP contribution in [0.2, 0.25) is 0 Å². The quantitative estimate of drug-likeness (QED) is 0.625. The number of methoxy groups -OCH3 is 1. The monoisotopic (exact) mass is 232 g/mol. The first-order chi connectivity index (χ1) is 8.22. The normalized spacial score (nSPS) is 11.9. The lowest BCUT2D eigenvalue weighted by atomic mass is 10.1. The Labute approximate surface area is 103 Å². The van der Waals surface area contributed by atoms with Crippen LogP contribution in [0, 0.1) is 6.92 Å². The summed E-state index contributed by atoms with van der Waals surface area (Å²) in [4.78, 5) is 0. The fraction of sp³-hybridized carbons (Fsp3) is 0.357. The number of rotatable bonds is 5. The van der Waals surface area contributed by atoms with Gasteiger partial charge in [0, 0.05) is 12.1 Å². The van der Waals surface area contributed by atoms with Gasteiger partial charge in [-0.05, 0) is 50.6 Å². The molecule has 0 heterocycles. The van der Waals surface area contributed by atoms with Gasteiger partial charge in [-0.2, -0.15) is 5.10 Å². The summed E-state index contributed by atoms with van der Waals surface area (Å²) in [6.45, 7) is 6.85. The van der Waals surface area contributed by atoms with E-state index in [9.17, 15) is 0 Å². The van der Waals surface area contributed by atoms with Gasteiger partial charge in [-0.25, -0.2) is 0 Å². The zero-order chi connectivity index (χ0) is 12.7. The highest BCUT2D eigenvalue weighted by atomic mass is 16.5. The zero-order valence-corrected chi connectivity index (χ0v) is 10.9. The maximum absolute atomic E-state index is 5.25. The number of nitrogens with zero attached hydrogens (tertiary/aromatic N) is 1. The van der Waals surface area contributed by atoms with Gasteiger partial charge in [0.1, 0.15) is 5.75 Å². The maximum atomic E-state index is 5.25. The topological polar surface area (TPSA) is 33.6 Å². The minimum Gasteiger partial charge on any atom is -0.496 e. The van der Waals surface area contributed by atoms with Crippen molar-refractivity contribution in [2.75, 3.05) is 13.7 Å². The van der Waals surface area contributed by atoms with Gasteiger partial charge in [-0.15, -0.1) is 0 Å². The fourth-order valence-corrected chi connectivity index (χ4v) is 1.56. The van der Waals surface area contributed by atoms with Crippen molar-refractivity contribution in [1.29, 1.82) is 0 Å². The van der Waals surface area contributed by atoms with Crippen LogP contribution in [0.3, 0.4) is 0 Å². The third-order valence-electron chi connectivity index (χ3n) is 2.37. The molecule has 0 saturated carbocycles. The van der Waals surface area contributed by atoms with Crippen molar-refractivity contribution < 1.29 is 4.74 Å². The van der Waals surface area contributed by atoms with E-state index in [4.69, 9.17) is 4.74 Å². The van der Waals surface area contributed by atoms with E-state index in [2.05, 4.69) is 16.6 Å². The molecule has 0 unspecified atom stereocenters. The average molecular weight is 232 g/mol. The van der Waals surface area contributed by atoms with Crippen LogP contribution >= 0.6 is 0 Å². The number of hydrazone groups is 1. The molecule has 0 aliphatic heterocycles. The highest BCUT2D eigenvalue weighted by Gasteiger charge is 2.03. The Morgan fingerprint density at radius 3 is 2.76 bits per heavy atom. The highest BCUT2D eigenvalue weighted by Crippen LogP contribution is 2.19. The van der Waals surface area contributed by atoms with E-state index in [1.54, 1.807) is 7.11 Å². The molecule has 0 amide bonds. The third kappa shape index (κ3) is 3.63. The van der Waals surface area contributed by atoms with Crippen molar-refractivity contribution in [2.45, 2.75) is 20.8 Å². The van der Waals surface area contributed by atoms with Crippen molar-refractivity contribution in [3.63, 3.8) is 0 Å². The number of nitrogens with one attached hydrogen (secondary N) is 1. The van der Waals surface area contributed by atoms with Crippen LogP contribution in [0.25, 0.3) is 0 Å². The summed E-state index contributed by atoms with van der Waals surface area (Å²) in [7, 11) is 1.68.